The zero-order valence-corrected chi connectivity index (χ0v) is 15.2. The zero-order valence-electron chi connectivity index (χ0n) is 14.4. The highest BCUT2D eigenvalue weighted by Gasteiger charge is 2.13. The molecule has 0 bridgehead atoms. The molecular formula is C19H14N4O4S. The third kappa shape index (κ3) is 4.86. The number of benzene rings is 2. The number of rotatable bonds is 6. The average Bonchev–Trinajstić information content (AvgIpc) is 3.20. The number of nitro groups is 1. The molecule has 1 aromatic heterocycles. The van der Waals surface area contributed by atoms with E-state index in [1.165, 1.54) is 47.8 Å². The number of carbonyl (C=O) groups excluding carboxylic acids is 2. The fourth-order valence-electron chi connectivity index (χ4n) is 2.29. The Balaban J connectivity index is 1.68. The van der Waals surface area contributed by atoms with E-state index < -0.39 is 10.8 Å². The van der Waals surface area contributed by atoms with Crippen molar-refractivity contribution in [1.82, 2.24) is 4.98 Å². The first kappa shape index (κ1) is 18.9. The molecule has 0 saturated carbocycles. The van der Waals surface area contributed by atoms with Crippen molar-refractivity contribution in [2.45, 2.75) is 0 Å². The van der Waals surface area contributed by atoms with E-state index in [-0.39, 0.29) is 11.6 Å². The van der Waals surface area contributed by atoms with Gasteiger partial charge in [-0.15, -0.1) is 11.3 Å². The van der Waals surface area contributed by atoms with E-state index in [9.17, 15) is 19.7 Å². The molecule has 0 radical (unpaired) electrons. The van der Waals surface area contributed by atoms with Gasteiger partial charge < -0.3 is 5.32 Å². The summed E-state index contributed by atoms with van der Waals surface area (Å²) in [4.78, 5) is 38.8. The number of amides is 2. The molecule has 0 aliphatic carbocycles. The summed E-state index contributed by atoms with van der Waals surface area (Å²) in [5.74, 6) is -0.821. The predicted octanol–water partition coefficient (Wildman–Crippen LogP) is 3.96. The molecule has 9 heteroatoms. The number of carbonyl (C=O) groups is 2. The van der Waals surface area contributed by atoms with Crippen LogP contribution >= 0.6 is 11.3 Å². The highest BCUT2D eigenvalue weighted by molar-refractivity contribution is 7.13. The van der Waals surface area contributed by atoms with Crippen molar-refractivity contribution >= 4 is 45.7 Å². The second-order valence-corrected chi connectivity index (χ2v) is 6.40. The van der Waals surface area contributed by atoms with Crippen molar-refractivity contribution in [3.63, 3.8) is 0 Å². The minimum Gasteiger partial charge on any atom is -0.322 e. The molecule has 0 aliphatic rings. The Morgan fingerprint density at radius 2 is 1.82 bits per heavy atom. The highest BCUT2D eigenvalue weighted by atomic mass is 32.1. The van der Waals surface area contributed by atoms with Gasteiger partial charge in [-0.3, -0.25) is 25.0 Å². The Morgan fingerprint density at radius 1 is 1.07 bits per heavy atom. The number of nitro benzene ring substituents is 1. The first-order valence-corrected chi connectivity index (χ1v) is 8.94. The second-order valence-electron chi connectivity index (χ2n) is 5.51. The minimum atomic E-state index is -0.492. The van der Waals surface area contributed by atoms with Crippen molar-refractivity contribution in [3.8, 4) is 0 Å². The maximum atomic E-state index is 12.4. The van der Waals surface area contributed by atoms with Crippen LogP contribution in [0.4, 0.5) is 16.5 Å². The number of non-ortho nitro benzene ring substituents is 1. The quantitative estimate of drug-likeness (QED) is 0.373. The molecule has 3 rings (SSSR count). The topological polar surface area (TPSA) is 114 Å². The Kier molecular flexibility index (Phi) is 5.87. The van der Waals surface area contributed by atoms with Crippen molar-refractivity contribution in [1.29, 1.82) is 0 Å². The molecule has 3 aromatic rings. The molecule has 8 nitrogen and oxygen atoms in total. The maximum Gasteiger partial charge on any atom is 0.269 e. The van der Waals surface area contributed by atoms with Crippen molar-refractivity contribution in [2.24, 2.45) is 0 Å². The van der Waals surface area contributed by atoms with Crippen molar-refractivity contribution < 1.29 is 14.5 Å². The van der Waals surface area contributed by atoms with Crippen LogP contribution in [-0.4, -0.2) is 21.7 Å². The molecule has 2 amide bonds. The van der Waals surface area contributed by atoms with Crippen LogP contribution in [0.1, 0.15) is 15.9 Å². The van der Waals surface area contributed by atoms with E-state index >= 15 is 0 Å². The van der Waals surface area contributed by atoms with Gasteiger partial charge in [0.25, 0.3) is 11.6 Å². The number of nitrogens with one attached hydrogen (secondary N) is 2. The van der Waals surface area contributed by atoms with Gasteiger partial charge in [0, 0.05) is 29.8 Å². The van der Waals surface area contributed by atoms with Crippen molar-refractivity contribution in [2.75, 3.05) is 10.6 Å². The third-order valence-corrected chi connectivity index (χ3v) is 4.30. The number of anilines is 2. The minimum absolute atomic E-state index is 0.0261. The Labute approximate surface area is 163 Å². The van der Waals surface area contributed by atoms with Crippen LogP contribution in [-0.2, 0) is 4.79 Å². The van der Waals surface area contributed by atoms with Crippen molar-refractivity contribution in [3.05, 3.63) is 87.4 Å². The second kappa shape index (κ2) is 8.69. The van der Waals surface area contributed by atoms with E-state index in [4.69, 9.17) is 0 Å². The van der Waals surface area contributed by atoms with Crippen LogP contribution in [0.25, 0.3) is 6.08 Å². The van der Waals surface area contributed by atoms with Gasteiger partial charge >= 0.3 is 0 Å². The molecule has 2 N–H and O–H groups in total. The van der Waals surface area contributed by atoms with Crippen LogP contribution in [0.15, 0.2) is 66.2 Å². The number of para-hydroxylation sites is 1. The third-order valence-electron chi connectivity index (χ3n) is 3.61. The molecule has 0 fully saturated rings. The standard InChI is InChI=1S/C19H14N4O4S/c24-17(10-7-13-5-8-14(9-6-13)23(26)27)21-16-4-2-1-3-15(16)18(25)22-19-20-11-12-28-19/h1-12H,(H,21,24)(H,20,22,25)/b10-7+. The van der Waals surface area contributed by atoms with E-state index in [2.05, 4.69) is 15.6 Å². The summed E-state index contributed by atoms with van der Waals surface area (Å²) in [5.41, 5.74) is 1.27. The summed E-state index contributed by atoms with van der Waals surface area (Å²) in [6.07, 6.45) is 4.39. The lowest BCUT2D eigenvalue weighted by molar-refractivity contribution is -0.384. The van der Waals surface area contributed by atoms with E-state index in [0.717, 1.165) is 0 Å². The Bertz CT molecular complexity index is 1030. The molecule has 1 heterocycles. The van der Waals surface area contributed by atoms with E-state index in [0.29, 0.717) is 21.9 Å². The van der Waals surface area contributed by atoms with Crippen LogP contribution in [0.2, 0.25) is 0 Å². The molecule has 28 heavy (non-hydrogen) atoms. The smallest absolute Gasteiger partial charge is 0.269 e. The van der Waals surface area contributed by atoms with Gasteiger partial charge in [-0.25, -0.2) is 4.98 Å². The number of hydrogen-bond donors (Lipinski definition) is 2. The van der Waals surface area contributed by atoms with Gasteiger partial charge in [0.1, 0.15) is 0 Å². The molecule has 0 saturated heterocycles. The number of thiazole rings is 1. The first-order chi connectivity index (χ1) is 13.5. The first-order valence-electron chi connectivity index (χ1n) is 8.06. The summed E-state index contributed by atoms with van der Waals surface area (Å²) < 4.78 is 0. The maximum absolute atomic E-state index is 12.4. The summed E-state index contributed by atoms with van der Waals surface area (Å²) >= 11 is 1.29. The lowest BCUT2D eigenvalue weighted by atomic mass is 10.1. The molecule has 0 atom stereocenters. The molecule has 0 unspecified atom stereocenters. The van der Waals surface area contributed by atoms with Gasteiger partial charge in [0.05, 0.1) is 16.2 Å². The fourth-order valence-corrected chi connectivity index (χ4v) is 2.82. The van der Waals surface area contributed by atoms with Crippen LogP contribution < -0.4 is 10.6 Å². The monoisotopic (exact) mass is 394 g/mol. The molecular weight excluding hydrogens is 380 g/mol. The summed E-state index contributed by atoms with van der Waals surface area (Å²) in [7, 11) is 0. The summed E-state index contributed by atoms with van der Waals surface area (Å²) in [6.45, 7) is 0. The molecule has 2 aromatic carbocycles. The number of hydrogen-bond acceptors (Lipinski definition) is 6. The average molecular weight is 394 g/mol. The lowest BCUT2D eigenvalue weighted by Crippen LogP contribution is -2.16. The van der Waals surface area contributed by atoms with Gasteiger partial charge in [-0.1, -0.05) is 12.1 Å². The van der Waals surface area contributed by atoms with Crippen LogP contribution in [0, 0.1) is 10.1 Å². The van der Waals surface area contributed by atoms with E-state index in [1.54, 1.807) is 35.8 Å². The van der Waals surface area contributed by atoms with Gasteiger partial charge in [0.15, 0.2) is 5.13 Å². The van der Waals surface area contributed by atoms with Gasteiger partial charge in [-0.2, -0.15) is 0 Å². The van der Waals surface area contributed by atoms with E-state index in [1.807, 2.05) is 0 Å². The highest BCUT2D eigenvalue weighted by Crippen LogP contribution is 2.19. The normalized spacial score (nSPS) is 10.6. The number of aromatic nitrogens is 1. The summed E-state index contributed by atoms with van der Waals surface area (Å²) in [5, 5.41) is 18.2. The molecule has 140 valence electrons. The lowest BCUT2D eigenvalue weighted by Gasteiger charge is -2.09. The SMILES string of the molecule is O=C(/C=C/c1ccc([N+](=O)[O-])cc1)Nc1ccccc1C(=O)Nc1nccs1. The predicted molar refractivity (Wildman–Crippen MR) is 107 cm³/mol. The zero-order chi connectivity index (χ0) is 19.9. The van der Waals surface area contributed by atoms with Gasteiger partial charge in [-0.05, 0) is 35.9 Å². The summed E-state index contributed by atoms with van der Waals surface area (Å²) in [6, 6.07) is 12.4. The Morgan fingerprint density at radius 3 is 2.50 bits per heavy atom. The Hall–Kier alpha value is -3.85. The van der Waals surface area contributed by atoms with Crippen LogP contribution in [0.5, 0.6) is 0 Å². The molecule has 0 aliphatic heterocycles. The van der Waals surface area contributed by atoms with Crippen LogP contribution in [0.3, 0.4) is 0 Å². The number of nitrogens with zero attached hydrogens (tertiary/aromatic N) is 2. The fraction of sp³-hybridized carbons (Fsp3) is 0. The largest absolute Gasteiger partial charge is 0.322 e. The van der Waals surface area contributed by atoms with Gasteiger partial charge in [0.2, 0.25) is 5.91 Å². The molecule has 0 spiro atoms.